The maximum absolute atomic E-state index is 11.5. The highest BCUT2D eigenvalue weighted by Gasteiger charge is 2.13. The first-order valence-electron chi connectivity index (χ1n) is 5.67. The van der Waals surface area contributed by atoms with Gasteiger partial charge in [0, 0.05) is 5.69 Å². The molecule has 0 aliphatic rings. The van der Waals surface area contributed by atoms with Crippen LogP contribution in [0.3, 0.4) is 0 Å². The number of anilines is 1. The van der Waals surface area contributed by atoms with Crippen molar-refractivity contribution in [2.75, 3.05) is 5.73 Å². The third-order valence-corrected chi connectivity index (χ3v) is 2.87. The number of rotatable bonds is 2. The highest BCUT2D eigenvalue weighted by molar-refractivity contribution is 5.97. The molecule has 4 N–H and O–H groups in total. The summed E-state index contributed by atoms with van der Waals surface area (Å²) in [5.41, 5.74) is 14.1. The van der Waals surface area contributed by atoms with Crippen LogP contribution in [0.15, 0.2) is 42.5 Å². The predicted molar refractivity (Wildman–Crippen MR) is 71.8 cm³/mol. The van der Waals surface area contributed by atoms with E-state index in [9.17, 15) is 4.79 Å². The molecular weight excluding hydrogens is 242 g/mol. The number of fused-ring (bicyclic) bond motifs is 1. The van der Waals surface area contributed by atoms with Crippen LogP contribution in [0.1, 0.15) is 10.4 Å². The summed E-state index contributed by atoms with van der Waals surface area (Å²) in [6.45, 7) is 0. The number of benzene rings is 2. The van der Waals surface area contributed by atoms with Crippen LogP contribution >= 0.6 is 0 Å². The van der Waals surface area contributed by atoms with Crippen molar-refractivity contribution in [3.63, 3.8) is 0 Å². The molecule has 0 spiro atoms. The van der Waals surface area contributed by atoms with Gasteiger partial charge in [0.15, 0.2) is 0 Å². The van der Waals surface area contributed by atoms with Crippen LogP contribution in [0, 0.1) is 0 Å². The Morgan fingerprint density at radius 3 is 2.74 bits per heavy atom. The van der Waals surface area contributed by atoms with Crippen molar-refractivity contribution in [2.45, 2.75) is 0 Å². The molecule has 0 saturated heterocycles. The Morgan fingerprint density at radius 1 is 1.16 bits per heavy atom. The minimum atomic E-state index is -0.533. The number of primary amides is 1. The molecule has 0 fully saturated rings. The standard InChI is InChI=1S/C13H11N5O/c14-8-5-6-9(13(15)19)12(7-8)18-11-4-2-1-3-10(11)16-17-18/h1-7H,14H2,(H2,15,19). The smallest absolute Gasteiger partial charge is 0.250 e. The third kappa shape index (κ3) is 1.79. The van der Waals surface area contributed by atoms with Crippen LogP contribution in [0.4, 0.5) is 5.69 Å². The molecule has 0 unspecified atom stereocenters. The maximum atomic E-state index is 11.5. The number of nitrogens with zero attached hydrogens (tertiary/aromatic N) is 3. The van der Waals surface area contributed by atoms with Gasteiger partial charge in [0.2, 0.25) is 0 Å². The van der Waals surface area contributed by atoms with Gasteiger partial charge >= 0.3 is 0 Å². The number of hydrogen-bond acceptors (Lipinski definition) is 4. The lowest BCUT2D eigenvalue weighted by atomic mass is 10.1. The zero-order valence-corrected chi connectivity index (χ0v) is 9.95. The van der Waals surface area contributed by atoms with E-state index in [2.05, 4.69) is 10.3 Å². The lowest BCUT2D eigenvalue weighted by molar-refractivity contribution is 0.1000. The Morgan fingerprint density at radius 2 is 1.95 bits per heavy atom. The van der Waals surface area contributed by atoms with Crippen LogP contribution in [-0.2, 0) is 0 Å². The van der Waals surface area contributed by atoms with Gasteiger partial charge < -0.3 is 11.5 Å². The second-order valence-corrected chi connectivity index (χ2v) is 4.13. The number of aromatic nitrogens is 3. The van der Waals surface area contributed by atoms with E-state index in [0.717, 1.165) is 11.0 Å². The fourth-order valence-corrected chi connectivity index (χ4v) is 1.98. The van der Waals surface area contributed by atoms with Crippen LogP contribution in [0.2, 0.25) is 0 Å². The van der Waals surface area contributed by atoms with Crippen LogP contribution < -0.4 is 11.5 Å². The van der Waals surface area contributed by atoms with Gasteiger partial charge in [0.05, 0.1) is 16.8 Å². The zero-order chi connectivity index (χ0) is 13.4. The monoisotopic (exact) mass is 253 g/mol. The zero-order valence-electron chi connectivity index (χ0n) is 9.95. The minimum Gasteiger partial charge on any atom is -0.399 e. The first-order chi connectivity index (χ1) is 9.16. The van der Waals surface area contributed by atoms with E-state index in [4.69, 9.17) is 11.5 Å². The normalized spacial score (nSPS) is 10.7. The summed E-state index contributed by atoms with van der Waals surface area (Å²) in [6.07, 6.45) is 0. The van der Waals surface area contributed by atoms with Gasteiger partial charge in [0.1, 0.15) is 5.52 Å². The molecular formula is C13H11N5O. The third-order valence-electron chi connectivity index (χ3n) is 2.87. The molecule has 0 aliphatic carbocycles. The number of para-hydroxylation sites is 1. The number of nitrogen functional groups attached to an aromatic ring is 1. The molecule has 0 atom stereocenters. The molecule has 0 aliphatic heterocycles. The summed E-state index contributed by atoms with van der Waals surface area (Å²) < 4.78 is 1.56. The molecule has 1 amide bonds. The lowest BCUT2D eigenvalue weighted by Gasteiger charge is -2.08. The highest BCUT2D eigenvalue weighted by atomic mass is 16.1. The fourth-order valence-electron chi connectivity index (χ4n) is 1.98. The Bertz CT molecular complexity index is 778. The van der Waals surface area contributed by atoms with E-state index < -0.39 is 5.91 Å². The molecule has 94 valence electrons. The summed E-state index contributed by atoms with van der Waals surface area (Å²) in [4.78, 5) is 11.5. The SMILES string of the molecule is NC(=O)c1ccc(N)cc1-n1nnc2ccccc21. The van der Waals surface area contributed by atoms with E-state index in [-0.39, 0.29) is 0 Å². The van der Waals surface area contributed by atoms with Crippen molar-refractivity contribution in [2.24, 2.45) is 5.73 Å². The van der Waals surface area contributed by atoms with E-state index in [0.29, 0.717) is 16.9 Å². The molecule has 3 rings (SSSR count). The number of nitrogens with two attached hydrogens (primary N) is 2. The van der Waals surface area contributed by atoms with E-state index in [1.54, 1.807) is 22.9 Å². The van der Waals surface area contributed by atoms with Crippen molar-refractivity contribution in [3.8, 4) is 5.69 Å². The van der Waals surface area contributed by atoms with Crippen molar-refractivity contribution >= 4 is 22.6 Å². The van der Waals surface area contributed by atoms with Crippen LogP contribution in [0.25, 0.3) is 16.7 Å². The average molecular weight is 253 g/mol. The molecule has 6 heteroatoms. The molecule has 0 radical (unpaired) electrons. The number of carbonyl (C=O) groups is 1. The summed E-state index contributed by atoms with van der Waals surface area (Å²) in [6, 6.07) is 12.3. The van der Waals surface area contributed by atoms with Crippen molar-refractivity contribution < 1.29 is 4.79 Å². The second kappa shape index (κ2) is 4.09. The van der Waals surface area contributed by atoms with Gasteiger partial charge in [-0.3, -0.25) is 4.79 Å². The molecule has 1 heterocycles. The second-order valence-electron chi connectivity index (χ2n) is 4.13. The first-order valence-corrected chi connectivity index (χ1v) is 5.67. The molecule has 6 nitrogen and oxygen atoms in total. The molecule has 19 heavy (non-hydrogen) atoms. The Balaban J connectivity index is 2.32. The minimum absolute atomic E-state index is 0.352. The van der Waals surface area contributed by atoms with Gasteiger partial charge in [-0.05, 0) is 30.3 Å². The Labute approximate surface area is 108 Å². The number of carbonyl (C=O) groups excluding carboxylic acids is 1. The largest absolute Gasteiger partial charge is 0.399 e. The van der Waals surface area contributed by atoms with E-state index in [1.807, 2.05) is 24.3 Å². The van der Waals surface area contributed by atoms with Crippen molar-refractivity contribution in [1.29, 1.82) is 0 Å². The quantitative estimate of drug-likeness (QED) is 0.668. The Hall–Kier alpha value is -2.89. The van der Waals surface area contributed by atoms with Crippen molar-refractivity contribution in [3.05, 3.63) is 48.0 Å². The summed E-state index contributed by atoms with van der Waals surface area (Å²) in [5.74, 6) is -0.533. The van der Waals surface area contributed by atoms with Crippen LogP contribution in [-0.4, -0.2) is 20.9 Å². The van der Waals surface area contributed by atoms with E-state index in [1.165, 1.54) is 0 Å². The van der Waals surface area contributed by atoms with E-state index >= 15 is 0 Å². The molecule has 1 aromatic heterocycles. The van der Waals surface area contributed by atoms with Crippen molar-refractivity contribution in [1.82, 2.24) is 15.0 Å². The maximum Gasteiger partial charge on any atom is 0.250 e. The summed E-state index contributed by atoms with van der Waals surface area (Å²) in [7, 11) is 0. The van der Waals surface area contributed by atoms with Crippen LogP contribution in [0.5, 0.6) is 0 Å². The Kier molecular flexibility index (Phi) is 2.42. The van der Waals surface area contributed by atoms with Gasteiger partial charge in [-0.15, -0.1) is 5.10 Å². The average Bonchev–Trinajstić information content (AvgIpc) is 2.82. The number of hydrogen-bond donors (Lipinski definition) is 2. The predicted octanol–water partition coefficient (Wildman–Crippen LogP) is 1.10. The van der Waals surface area contributed by atoms with Gasteiger partial charge in [-0.25, -0.2) is 4.68 Å². The lowest BCUT2D eigenvalue weighted by Crippen LogP contribution is -2.15. The molecule has 2 aromatic carbocycles. The molecule has 3 aromatic rings. The van der Waals surface area contributed by atoms with Gasteiger partial charge in [-0.2, -0.15) is 0 Å². The topological polar surface area (TPSA) is 99.8 Å². The highest BCUT2D eigenvalue weighted by Crippen LogP contribution is 2.21. The first kappa shape index (κ1) is 11.2. The van der Waals surface area contributed by atoms with Gasteiger partial charge in [-0.1, -0.05) is 17.3 Å². The summed E-state index contributed by atoms with van der Waals surface area (Å²) >= 11 is 0. The fraction of sp³-hybridized carbons (Fsp3) is 0. The molecule has 0 bridgehead atoms. The molecule has 0 saturated carbocycles. The summed E-state index contributed by atoms with van der Waals surface area (Å²) in [5, 5.41) is 8.10. The van der Waals surface area contributed by atoms with Gasteiger partial charge in [0.25, 0.3) is 5.91 Å². The number of amides is 1.